The second-order valence-electron chi connectivity index (χ2n) is 7.67. The van der Waals surface area contributed by atoms with Crippen LogP contribution in [0.2, 0.25) is 0 Å². The third kappa shape index (κ3) is 4.12. The molecule has 0 aliphatic heterocycles. The van der Waals surface area contributed by atoms with Crippen LogP contribution in [0.15, 0.2) is 51.9 Å². The van der Waals surface area contributed by atoms with Gasteiger partial charge >= 0.3 is 0 Å². The Balaban J connectivity index is 2.18. The summed E-state index contributed by atoms with van der Waals surface area (Å²) in [6.07, 6.45) is 0. The fraction of sp³-hybridized carbons (Fsp3) is 0.333. The maximum absolute atomic E-state index is 5.54. The minimum atomic E-state index is 0.345. The van der Waals surface area contributed by atoms with Gasteiger partial charge in [-0.1, -0.05) is 45.9 Å². The van der Waals surface area contributed by atoms with Crippen molar-refractivity contribution < 1.29 is 4.74 Å². The van der Waals surface area contributed by atoms with Crippen molar-refractivity contribution in [1.29, 1.82) is 0 Å². The van der Waals surface area contributed by atoms with E-state index in [-0.39, 0.29) is 0 Å². The Bertz CT molecular complexity index is 1010. The Hall–Kier alpha value is -2.20. The molecule has 0 radical (unpaired) electrons. The molecule has 0 atom stereocenters. The second-order valence-corrected chi connectivity index (χ2v) is 8.52. The fourth-order valence-corrected chi connectivity index (χ4v) is 3.79. The topological polar surface area (TPSA) is 34.5 Å². The molecule has 1 heterocycles. The molecule has 0 bridgehead atoms. The third-order valence-corrected chi connectivity index (χ3v) is 5.58. The van der Waals surface area contributed by atoms with Crippen LogP contribution < -0.4 is 4.74 Å². The largest absolute Gasteiger partial charge is 0.497 e. The van der Waals surface area contributed by atoms with Gasteiger partial charge in [0, 0.05) is 9.86 Å². The summed E-state index contributed by atoms with van der Waals surface area (Å²) in [6, 6.07) is 14.5. The van der Waals surface area contributed by atoms with Crippen molar-refractivity contribution in [3.63, 3.8) is 0 Å². The Morgan fingerprint density at radius 1 is 1.00 bits per heavy atom. The first-order valence-electron chi connectivity index (χ1n) is 9.64. The lowest BCUT2D eigenvalue weighted by molar-refractivity contribution is 0.413. The van der Waals surface area contributed by atoms with E-state index in [0.29, 0.717) is 11.8 Å². The molecule has 0 aliphatic carbocycles. The van der Waals surface area contributed by atoms with E-state index in [1.54, 1.807) is 7.11 Å². The van der Waals surface area contributed by atoms with Crippen LogP contribution in [0.25, 0.3) is 10.9 Å². The molecule has 0 amide bonds. The fourth-order valence-electron chi connectivity index (χ4n) is 3.32. The molecule has 3 aromatic rings. The molecule has 0 N–H and O–H groups in total. The molecule has 3 rings (SSSR count). The summed E-state index contributed by atoms with van der Waals surface area (Å²) in [6.45, 7) is 10.8. The molecule has 0 spiro atoms. The number of para-hydroxylation sites is 1. The number of hydrogen-bond acceptors (Lipinski definition) is 3. The lowest BCUT2D eigenvalue weighted by Crippen LogP contribution is -2.02. The number of halogens is 1. The van der Waals surface area contributed by atoms with Gasteiger partial charge in [0.15, 0.2) is 0 Å². The van der Waals surface area contributed by atoms with Gasteiger partial charge in [-0.15, -0.1) is 0 Å². The number of methoxy groups -OCH3 is 1. The van der Waals surface area contributed by atoms with Gasteiger partial charge in [0.2, 0.25) is 0 Å². The van der Waals surface area contributed by atoms with E-state index in [4.69, 9.17) is 14.7 Å². The minimum Gasteiger partial charge on any atom is -0.497 e. The van der Waals surface area contributed by atoms with Crippen LogP contribution >= 0.6 is 15.9 Å². The molecule has 0 unspecified atom stereocenters. The van der Waals surface area contributed by atoms with Crippen molar-refractivity contribution in [2.24, 2.45) is 4.99 Å². The van der Waals surface area contributed by atoms with Gasteiger partial charge in [-0.3, -0.25) is 4.99 Å². The first-order valence-corrected chi connectivity index (χ1v) is 10.4. The van der Waals surface area contributed by atoms with Crippen molar-refractivity contribution in [1.82, 2.24) is 4.98 Å². The highest BCUT2D eigenvalue weighted by Gasteiger charge is 2.17. The number of nitrogens with zero attached hydrogens (tertiary/aromatic N) is 2. The molecule has 146 valence electrons. The molecule has 4 heteroatoms. The van der Waals surface area contributed by atoms with Crippen LogP contribution in [0.3, 0.4) is 0 Å². The molecule has 0 saturated carbocycles. The number of hydrogen-bond donors (Lipinski definition) is 0. The van der Waals surface area contributed by atoms with Gasteiger partial charge in [-0.25, -0.2) is 4.98 Å². The van der Waals surface area contributed by atoms with E-state index in [1.807, 2.05) is 25.1 Å². The second kappa shape index (κ2) is 8.44. The summed E-state index contributed by atoms with van der Waals surface area (Å²) < 4.78 is 6.53. The monoisotopic (exact) mass is 438 g/mol. The summed E-state index contributed by atoms with van der Waals surface area (Å²) in [4.78, 5) is 9.92. The number of ether oxygens (including phenoxy) is 1. The highest BCUT2D eigenvalue weighted by atomic mass is 79.9. The zero-order valence-electron chi connectivity index (χ0n) is 17.4. The molecule has 2 aromatic carbocycles. The molecular formula is C24H27BrN2O. The van der Waals surface area contributed by atoms with Crippen LogP contribution in [0.4, 0.5) is 5.69 Å². The van der Waals surface area contributed by atoms with Crippen molar-refractivity contribution in [3.8, 4) is 5.75 Å². The Labute approximate surface area is 176 Å². The zero-order chi connectivity index (χ0) is 20.4. The summed E-state index contributed by atoms with van der Waals surface area (Å²) in [5.41, 5.74) is 6.19. The average molecular weight is 439 g/mol. The third-order valence-electron chi connectivity index (χ3n) is 4.94. The lowest BCUT2D eigenvalue weighted by atomic mass is 9.92. The van der Waals surface area contributed by atoms with E-state index >= 15 is 0 Å². The normalized spacial score (nSPS) is 12.2. The average Bonchev–Trinajstić information content (AvgIpc) is 2.67. The highest BCUT2D eigenvalue weighted by Crippen LogP contribution is 2.38. The predicted octanol–water partition coefficient (Wildman–Crippen LogP) is 7.39. The SMILES string of the molecule is COc1cc(C(C)C)c(N=C(C)c2ccc3cccc(Br)c3n2)c(C(C)C)c1. The van der Waals surface area contributed by atoms with E-state index in [2.05, 4.69) is 67.9 Å². The number of aromatic nitrogens is 1. The van der Waals surface area contributed by atoms with Crippen LogP contribution in [0.5, 0.6) is 5.75 Å². The van der Waals surface area contributed by atoms with E-state index in [0.717, 1.165) is 38.2 Å². The molecule has 0 aliphatic rings. The molecule has 0 saturated heterocycles. The smallest absolute Gasteiger partial charge is 0.119 e. The van der Waals surface area contributed by atoms with E-state index in [1.165, 1.54) is 11.1 Å². The molecule has 28 heavy (non-hydrogen) atoms. The molecular weight excluding hydrogens is 412 g/mol. The number of rotatable bonds is 5. The number of benzene rings is 2. The van der Waals surface area contributed by atoms with Crippen LogP contribution in [-0.4, -0.2) is 17.8 Å². The molecule has 1 aromatic heterocycles. The summed E-state index contributed by atoms with van der Waals surface area (Å²) in [5, 5.41) is 1.11. The van der Waals surface area contributed by atoms with Crippen LogP contribution in [0, 0.1) is 0 Å². The number of fused-ring (bicyclic) bond motifs is 1. The van der Waals surface area contributed by atoms with Gasteiger partial charge in [-0.05, 0) is 70.1 Å². The van der Waals surface area contributed by atoms with Crippen molar-refractivity contribution in [2.75, 3.05) is 7.11 Å². The summed E-state index contributed by atoms with van der Waals surface area (Å²) in [5.74, 6) is 1.58. The molecule has 3 nitrogen and oxygen atoms in total. The van der Waals surface area contributed by atoms with Gasteiger partial charge in [0.1, 0.15) is 5.75 Å². The summed E-state index contributed by atoms with van der Waals surface area (Å²) in [7, 11) is 1.72. The molecule has 0 fully saturated rings. The van der Waals surface area contributed by atoms with Crippen molar-refractivity contribution >= 4 is 38.2 Å². The predicted molar refractivity (Wildman–Crippen MR) is 122 cm³/mol. The Morgan fingerprint density at radius 2 is 1.64 bits per heavy atom. The number of pyridine rings is 1. The van der Waals surface area contributed by atoms with E-state index in [9.17, 15) is 0 Å². The van der Waals surface area contributed by atoms with Gasteiger partial charge in [-0.2, -0.15) is 0 Å². The first-order chi connectivity index (χ1) is 13.3. The van der Waals surface area contributed by atoms with Gasteiger partial charge < -0.3 is 4.74 Å². The standard InChI is InChI=1S/C24H27BrN2O/c1-14(2)19-12-18(28-6)13-20(15(3)4)24(19)26-16(5)22-11-10-17-8-7-9-21(25)23(17)27-22/h7-15H,1-6H3. The lowest BCUT2D eigenvalue weighted by Gasteiger charge is -2.19. The van der Waals surface area contributed by atoms with E-state index < -0.39 is 0 Å². The van der Waals surface area contributed by atoms with Gasteiger partial charge in [0.05, 0.1) is 29.7 Å². The van der Waals surface area contributed by atoms with Crippen molar-refractivity contribution in [2.45, 2.75) is 46.5 Å². The maximum atomic E-state index is 5.54. The minimum absolute atomic E-state index is 0.345. The van der Waals surface area contributed by atoms with Gasteiger partial charge in [0.25, 0.3) is 0 Å². The Kier molecular flexibility index (Phi) is 6.19. The number of aliphatic imine (C=N–C) groups is 1. The quantitative estimate of drug-likeness (QED) is 0.389. The van der Waals surface area contributed by atoms with Crippen LogP contribution in [0.1, 0.15) is 63.3 Å². The first kappa shape index (κ1) is 20.5. The zero-order valence-corrected chi connectivity index (χ0v) is 19.0. The summed E-state index contributed by atoms with van der Waals surface area (Å²) >= 11 is 3.61. The maximum Gasteiger partial charge on any atom is 0.119 e. The highest BCUT2D eigenvalue weighted by molar-refractivity contribution is 9.10. The Morgan fingerprint density at radius 3 is 2.21 bits per heavy atom. The van der Waals surface area contributed by atoms with Crippen molar-refractivity contribution in [3.05, 3.63) is 63.8 Å². The van der Waals surface area contributed by atoms with Crippen LogP contribution in [-0.2, 0) is 0 Å².